The van der Waals surface area contributed by atoms with Crippen molar-refractivity contribution in [1.29, 1.82) is 0 Å². The van der Waals surface area contributed by atoms with E-state index in [0.29, 0.717) is 17.3 Å². The number of furan rings is 1. The lowest BCUT2D eigenvalue weighted by molar-refractivity contribution is -0.0119. The van der Waals surface area contributed by atoms with Crippen LogP contribution in [0.15, 0.2) is 83.3 Å². The molecule has 7 nitrogen and oxygen atoms in total. The second-order valence-electron chi connectivity index (χ2n) is 13.1. The highest BCUT2D eigenvalue weighted by Crippen LogP contribution is 2.38. The van der Waals surface area contributed by atoms with Gasteiger partial charge in [0.25, 0.3) is 6.29 Å². The Morgan fingerprint density at radius 2 is 0.952 bits per heavy atom. The van der Waals surface area contributed by atoms with Crippen molar-refractivity contribution in [3.63, 3.8) is 0 Å². The van der Waals surface area contributed by atoms with Crippen molar-refractivity contribution in [2.75, 3.05) is 0 Å². The summed E-state index contributed by atoms with van der Waals surface area (Å²) in [7, 11) is -0.900. The Morgan fingerprint density at radius 3 is 1.36 bits per heavy atom. The second kappa shape index (κ2) is 10.2. The van der Waals surface area contributed by atoms with Crippen molar-refractivity contribution in [2.45, 2.75) is 84.1 Å². The zero-order valence-corrected chi connectivity index (χ0v) is 25.6. The van der Waals surface area contributed by atoms with E-state index in [2.05, 4.69) is 0 Å². The van der Waals surface area contributed by atoms with Crippen LogP contribution in [0.4, 0.5) is 0 Å². The molecule has 0 amide bonds. The van der Waals surface area contributed by atoms with E-state index in [1.54, 1.807) is 0 Å². The summed E-state index contributed by atoms with van der Waals surface area (Å²) in [6, 6.07) is 25.1. The fourth-order valence-corrected chi connectivity index (χ4v) is 4.87. The maximum Gasteiger partial charge on any atom is 0.494 e. The van der Waals surface area contributed by atoms with Crippen LogP contribution in [0.5, 0.6) is 11.5 Å². The Bertz CT molecular complexity index is 1410. The molecule has 2 saturated heterocycles. The van der Waals surface area contributed by atoms with Gasteiger partial charge in [-0.2, -0.15) is 0 Å². The van der Waals surface area contributed by atoms with Crippen molar-refractivity contribution in [1.82, 2.24) is 0 Å². The van der Waals surface area contributed by atoms with Gasteiger partial charge in [-0.25, -0.2) is 0 Å². The third kappa shape index (κ3) is 5.35. The van der Waals surface area contributed by atoms with Gasteiger partial charge in [0, 0.05) is 5.39 Å². The van der Waals surface area contributed by atoms with Gasteiger partial charge in [0.05, 0.1) is 22.4 Å². The van der Waals surface area contributed by atoms with Crippen molar-refractivity contribution >= 4 is 36.1 Å². The first-order chi connectivity index (χ1) is 19.7. The predicted octanol–water partition coefficient (Wildman–Crippen LogP) is 6.19. The van der Waals surface area contributed by atoms with Gasteiger partial charge in [-0.3, -0.25) is 0 Å². The molecule has 6 rings (SSSR count). The molecular formula is C33H38B2O7. The lowest BCUT2D eigenvalue weighted by Crippen LogP contribution is -2.41. The van der Waals surface area contributed by atoms with Gasteiger partial charge in [0.15, 0.2) is 5.76 Å². The number of hydrogen-bond acceptors (Lipinski definition) is 7. The Morgan fingerprint density at radius 1 is 0.548 bits per heavy atom. The fraction of sp³-hybridized carbons (Fsp3) is 0.394. The summed E-state index contributed by atoms with van der Waals surface area (Å²) in [6.45, 7) is 16.3. The zero-order valence-electron chi connectivity index (χ0n) is 25.6. The molecule has 0 unspecified atom stereocenters. The average molecular weight is 568 g/mol. The molecule has 0 radical (unpaired) electrons. The predicted molar refractivity (Wildman–Crippen MR) is 165 cm³/mol. The molecule has 2 aliphatic heterocycles. The summed E-state index contributed by atoms with van der Waals surface area (Å²) >= 11 is 0. The number of benzene rings is 3. The van der Waals surface area contributed by atoms with Crippen molar-refractivity contribution < 1.29 is 32.5 Å². The fourth-order valence-electron chi connectivity index (χ4n) is 4.87. The lowest BCUT2D eigenvalue weighted by atomic mass is 9.79. The monoisotopic (exact) mass is 568 g/mol. The Labute approximate surface area is 248 Å². The summed E-state index contributed by atoms with van der Waals surface area (Å²) in [5.74, 6) is 1.80. The van der Waals surface area contributed by atoms with E-state index in [9.17, 15) is 0 Å². The Balaban J connectivity index is 1.22. The molecule has 0 aliphatic carbocycles. The van der Waals surface area contributed by atoms with Crippen LogP contribution >= 0.6 is 0 Å². The van der Waals surface area contributed by atoms with Gasteiger partial charge in [-0.05, 0) is 103 Å². The van der Waals surface area contributed by atoms with Crippen LogP contribution in [0.3, 0.4) is 0 Å². The number of fused-ring (bicyclic) bond motifs is 1. The SMILES string of the molecule is CC1(C)OB(c2ccc(OC(Oc3ccc(B4OC(C)(C)C(C)(C)O4)cc3)c3cc4ccccc4o3)cc2)OC1(C)C. The highest BCUT2D eigenvalue weighted by atomic mass is 16.7. The third-order valence-corrected chi connectivity index (χ3v) is 8.97. The van der Waals surface area contributed by atoms with Gasteiger partial charge >= 0.3 is 14.2 Å². The maximum absolute atomic E-state index is 6.37. The molecule has 2 aliphatic rings. The van der Waals surface area contributed by atoms with Crippen molar-refractivity contribution in [3.8, 4) is 11.5 Å². The normalized spacial score (nSPS) is 20.4. The average Bonchev–Trinajstić information content (AvgIpc) is 3.52. The summed E-state index contributed by atoms with van der Waals surface area (Å²) < 4.78 is 43.7. The quantitative estimate of drug-likeness (QED) is 0.195. The molecule has 3 heterocycles. The molecule has 0 bridgehead atoms. The smallest absolute Gasteiger partial charge is 0.453 e. The van der Waals surface area contributed by atoms with E-state index in [1.165, 1.54) is 0 Å². The van der Waals surface area contributed by atoms with Crippen molar-refractivity contribution in [2.24, 2.45) is 0 Å². The third-order valence-electron chi connectivity index (χ3n) is 8.97. The van der Waals surface area contributed by atoms with Crippen LogP contribution in [0.2, 0.25) is 0 Å². The summed E-state index contributed by atoms with van der Waals surface area (Å²) in [5, 5.41) is 0.969. The van der Waals surface area contributed by atoms with Crippen LogP contribution in [0, 0.1) is 0 Å². The van der Waals surface area contributed by atoms with E-state index in [1.807, 2.05) is 134 Å². The van der Waals surface area contributed by atoms with Gasteiger partial charge in [0.2, 0.25) is 0 Å². The molecule has 1 aromatic heterocycles. The zero-order chi connectivity index (χ0) is 29.9. The molecule has 9 heteroatoms. The molecule has 42 heavy (non-hydrogen) atoms. The first kappa shape index (κ1) is 28.9. The number of rotatable bonds is 7. The van der Waals surface area contributed by atoms with E-state index in [-0.39, 0.29) is 0 Å². The van der Waals surface area contributed by atoms with Crippen LogP contribution in [-0.4, -0.2) is 36.6 Å². The van der Waals surface area contributed by atoms with Gasteiger partial charge in [-0.15, -0.1) is 0 Å². The van der Waals surface area contributed by atoms with E-state index < -0.39 is 42.9 Å². The molecule has 0 atom stereocenters. The largest absolute Gasteiger partial charge is 0.494 e. The first-order valence-corrected chi connectivity index (χ1v) is 14.5. The van der Waals surface area contributed by atoms with Gasteiger partial charge < -0.3 is 32.5 Å². The molecule has 3 aromatic carbocycles. The highest BCUT2D eigenvalue weighted by Gasteiger charge is 2.52. The minimum atomic E-state index is -0.831. The van der Waals surface area contributed by atoms with E-state index in [4.69, 9.17) is 32.5 Å². The van der Waals surface area contributed by atoms with E-state index >= 15 is 0 Å². The van der Waals surface area contributed by atoms with Crippen molar-refractivity contribution in [3.05, 3.63) is 84.6 Å². The number of ether oxygens (including phenoxy) is 2. The highest BCUT2D eigenvalue weighted by molar-refractivity contribution is 6.62. The minimum absolute atomic E-state index is 0.412. The molecule has 0 spiro atoms. The lowest BCUT2D eigenvalue weighted by Gasteiger charge is -2.32. The van der Waals surface area contributed by atoms with Gasteiger partial charge in [0.1, 0.15) is 17.1 Å². The minimum Gasteiger partial charge on any atom is -0.453 e. The first-order valence-electron chi connectivity index (χ1n) is 14.5. The van der Waals surface area contributed by atoms with Crippen LogP contribution in [-0.2, 0) is 18.6 Å². The van der Waals surface area contributed by atoms with E-state index in [0.717, 1.165) is 21.9 Å². The van der Waals surface area contributed by atoms with Crippen LogP contribution in [0.1, 0.15) is 67.4 Å². The number of para-hydroxylation sites is 1. The molecule has 0 saturated carbocycles. The van der Waals surface area contributed by atoms with Crippen LogP contribution in [0.25, 0.3) is 11.0 Å². The molecule has 2 fully saturated rings. The summed E-state index contributed by atoms with van der Waals surface area (Å²) in [6.07, 6.45) is -0.831. The summed E-state index contributed by atoms with van der Waals surface area (Å²) in [5.41, 5.74) is 0.949. The molecule has 218 valence electrons. The standard InChI is InChI=1S/C33H38B2O7/c1-30(2)31(3,4)40-34(39-30)23-13-17-25(18-14-23)36-29(28-21-22-11-9-10-12-27(22)38-28)37-26-19-15-24(16-20-26)35-41-32(5,6)33(7,8)42-35/h9-21,29H,1-8H3. The topological polar surface area (TPSA) is 68.5 Å². The van der Waals surface area contributed by atoms with Gasteiger partial charge in [-0.1, -0.05) is 42.5 Å². The summed E-state index contributed by atoms with van der Waals surface area (Å²) in [4.78, 5) is 0. The number of hydrogen-bond donors (Lipinski definition) is 0. The maximum atomic E-state index is 6.37. The molecule has 4 aromatic rings. The molecule has 0 N–H and O–H groups in total. The molecular weight excluding hydrogens is 530 g/mol. The second-order valence-corrected chi connectivity index (χ2v) is 13.1. The Hall–Kier alpha value is -3.23. The Kier molecular flexibility index (Phi) is 7.01. The van der Waals surface area contributed by atoms with Crippen LogP contribution < -0.4 is 20.4 Å².